The highest BCUT2D eigenvalue weighted by Gasteiger charge is 2.05. The quantitative estimate of drug-likeness (QED) is 0.793. The van der Waals surface area contributed by atoms with Crippen LogP contribution in [0, 0.1) is 0 Å². The van der Waals surface area contributed by atoms with Gasteiger partial charge in [-0.2, -0.15) is 0 Å². The maximum absolute atomic E-state index is 11.5. The molecule has 0 aliphatic rings. The third-order valence-corrected chi connectivity index (χ3v) is 2.19. The molecule has 0 saturated carbocycles. The van der Waals surface area contributed by atoms with Crippen molar-refractivity contribution < 1.29 is 9.53 Å². The molecule has 1 amide bonds. The van der Waals surface area contributed by atoms with Crippen LogP contribution in [0.5, 0.6) is 0 Å². The predicted molar refractivity (Wildman–Crippen MR) is 68.7 cm³/mol. The molecule has 4 nitrogen and oxygen atoms in total. The summed E-state index contributed by atoms with van der Waals surface area (Å²) in [5.41, 5.74) is 7.39. The highest BCUT2D eigenvalue weighted by Crippen LogP contribution is 2.12. The van der Waals surface area contributed by atoms with Crippen LogP contribution < -0.4 is 11.1 Å². The fourth-order valence-electron chi connectivity index (χ4n) is 1.46. The molecular formula is C13H20N2O2. The van der Waals surface area contributed by atoms with Gasteiger partial charge < -0.3 is 15.8 Å². The van der Waals surface area contributed by atoms with E-state index < -0.39 is 0 Å². The standard InChI is InChI=1S/C13H20N2O2/c1-3-17-9-11-5-4-6-12(8-11)15-13(16)7-10(2)14/h4-6,8,10H,3,7,9,14H2,1-2H3,(H,15,16). The summed E-state index contributed by atoms with van der Waals surface area (Å²) in [7, 11) is 0. The lowest BCUT2D eigenvalue weighted by Gasteiger charge is -2.09. The third kappa shape index (κ3) is 5.47. The Labute approximate surface area is 102 Å². The summed E-state index contributed by atoms with van der Waals surface area (Å²) in [4.78, 5) is 11.5. The zero-order chi connectivity index (χ0) is 12.7. The molecule has 3 N–H and O–H groups in total. The number of carbonyl (C=O) groups is 1. The molecule has 1 rings (SSSR count). The highest BCUT2D eigenvalue weighted by atomic mass is 16.5. The van der Waals surface area contributed by atoms with Gasteiger partial charge in [-0.05, 0) is 31.5 Å². The van der Waals surface area contributed by atoms with Gasteiger partial charge in [0.1, 0.15) is 0 Å². The summed E-state index contributed by atoms with van der Waals surface area (Å²) in [5, 5.41) is 2.82. The third-order valence-electron chi connectivity index (χ3n) is 2.19. The first-order valence-corrected chi connectivity index (χ1v) is 5.84. The molecule has 0 radical (unpaired) electrons. The van der Waals surface area contributed by atoms with Crippen molar-refractivity contribution in [2.75, 3.05) is 11.9 Å². The Morgan fingerprint density at radius 2 is 2.29 bits per heavy atom. The van der Waals surface area contributed by atoms with Gasteiger partial charge in [-0.25, -0.2) is 0 Å². The van der Waals surface area contributed by atoms with Crippen LogP contribution in [0.1, 0.15) is 25.8 Å². The molecule has 0 aromatic heterocycles. The Hall–Kier alpha value is -1.39. The SMILES string of the molecule is CCOCc1cccc(NC(=O)CC(C)N)c1. The van der Waals surface area contributed by atoms with Crippen LogP contribution in [0.4, 0.5) is 5.69 Å². The Balaban J connectivity index is 2.56. The van der Waals surface area contributed by atoms with E-state index in [2.05, 4.69) is 5.32 Å². The van der Waals surface area contributed by atoms with E-state index >= 15 is 0 Å². The number of rotatable bonds is 6. The number of carbonyl (C=O) groups excluding carboxylic acids is 1. The predicted octanol–water partition coefficient (Wildman–Crippen LogP) is 1.90. The number of hydrogen-bond acceptors (Lipinski definition) is 3. The first-order valence-electron chi connectivity index (χ1n) is 5.84. The van der Waals surface area contributed by atoms with E-state index in [0.29, 0.717) is 19.6 Å². The van der Waals surface area contributed by atoms with Crippen molar-refractivity contribution in [3.05, 3.63) is 29.8 Å². The number of benzene rings is 1. The van der Waals surface area contributed by atoms with Crippen LogP contribution in [-0.2, 0) is 16.1 Å². The average Bonchev–Trinajstić information content (AvgIpc) is 2.25. The van der Waals surface area contributed by atoms with Crippen LogP contribution in [0.25, 0.3) is 0 Å². The second-order valence-electron chi connectivity index (χ2n) is 4.07. The fourth-order valence-corrected chi connectivity index (χ4v) is 1.46. The molecule has 94 valence electrons. The average molecular weight is 236 g/mol. The minimum absolute atomic E-state index is 0.0615. The normalized spacial score (nSPS) is 12.2. The molecule has 1 atom stereocenters. The van der Waals surface area contributed by atoms with E-state index in [4.69, 9.17) is 10.5 Å². The van der Waals surface area contributed by atoms with Gasteiger partial charge in [0, 0.05) is 24.8 Å². The summed E-state index contributed by atoms with van der Waals surface area (Å²) < 4.78 is 5.31. The first-order chi connectivity index (χ1) is 8.11. The molecule has 1 unspecified atom stereocenters. The Kier molecular flexibility index (Phi) is 5.66. The number of ether oxygens (including phenoxy) is 1. The minimum Gasteiger partial charge on any atom is -0.377 e. The summed E-state index contributed by atoms with van der Waals surface area (Å²) in [6.45, 7) is 5.01. The summed E-state index contributed by atoms with van der Waals surface area (Å²) in [6.07, 6.45) is 0.329. The number of hydrogen-bond donors (Lipinski definition) is 2. The molecule has 0 fully saturated rings. The van der Waals surface area contributed by atoms with Gasteiger partial charge in [0.05, 0.1) is 6.61 Å². The summed E-state index contributed by atoms with van der Waals surface area (Å²) >= 11 is 0. The van der Waals surface area contributed by atoms with Gasteiger partial charge >= 0.3 is 0 Å². The van der Waals surface area contributed by atoms with E-state index in [1.54, 1.807) is 0 Å². The molecule has 4 heteroatoms. The van der Waals surface area contributed by atoms with Crippen LogP contribution in [-0.4, -0.2) is 18.6 Å². The molecule has 1 aromatic rings. The van der Waals surface area contributed by atoms with Crippen LogP contribution in [0.2, 0.25) is 0 Å². The van der Waals surface area contributed by atoms with E-state index in [0.717, 1.165) is 11.3 Å². The lowest BCUT2D eigenvalue weighted by Crippen LogP contribution is -2.23. The second kappa shape index (κ2) is 7.04. The van der Waals surface area contributed by atoms with Crippen molar-refractivity contribution >= 4 is 11.6 Å². The summed E-state index contributed by atoms with van der Waals surface area (Å²) in [5.74, 6) is -0.0615. The van der Waals surface area contributed by atoms with E-state index in [1.165, 1.54) is 0 Å². The molecule has 0 spiro atoms. The largest absolute Gasteiger partial charge is 0.377 e. The molecule has 0 aliphatic carbocycles. The molecule has 0 saturated heterocycles. The molecule has 1 aromatic carbocycles. The van der Waals surface area contributed by atoms with Crippen molar-refractivity contribution in [1.82, 2.24) is 0 Å². The van der Waals surface area contributed by atoms with E-state index in [1.807, 2.05) is 38.1 Å². The molecule has 0 bridgehead atoms. The minimum atomic E-state index is -0.124. The van der Waals surface area contributed by atoms with Crippen LogP contribution >= 0.6 is 0 Å². The van der Waals surface area contributed by atoms with Gasteiger partial charge in [0.25, 0.3) is 0 Å². The van der Waals surface area contributed by atoms with Crippen molar-refractivity contribution in [2.24, 2.45) is 5.73 Å². The lowest BCUT2D eigenvalue weighted by atomic mass is 10.2. The van der Waals surface area contributed by atoms with Gasteiger partial charge in [0.2, 0.25) is 5.91 Å². The van der Waals surface area contributed by atoms with E-state index in [-0.39, 0.29) is 11.9 Å². The molecule has 0 heterocycles. The molecule has 17 heavy (non-hydrogen) atoms. The van der Waals surface area contributed by atoms with Gasteiger partial charge in [-0.3, -0.25) is 4.79 Å². The molecule has 0 aliphatic heterocycles. The lowest BCUT2D eigenvalue weighted by molar-refractivity contribution is -0.116. The van der Waals surface area contributed by atoms with Crippen LogP contribution in [0.15, 0.2) is 24.3 Å². The van der Waals surface area contributed by atoms with Gasteiger partial charge in [0.15, 0.2) is 0 Å². The molecular weight excluding hydrogens is 216 g/mol. The zero-order valence-electron chi connectivity index (χ0n) is 10.4. The van der Waals surface area contributed by atoms with Gasteiger partial charge in [-0.15, -0.1) is 0 Å². The highest BCUT2D eigenvalue weighted by molar-refractivity contribution is 5.91. The van der Waals surface area contributed by atoms with Crippen molar-refractivity contribution in [2.45, 2.75) is 32.9 Å². The second-order valence-corrected chi connectivity index (χ2v) is 4.07. The number of amides is 1. The zero-order valence-corrected chi connectivity index (χ0v) is 10.4. The van der Waals surface area contributed by atoms with Crippen molar-refractivity contribution in [1.29, 1.82) is 0 Å². The number of nitrogens with two attached hydrogens (primary N) is 1. The van der Waals surface area contributed by atoms with Gasteiger partial charge in [-0.1, -0.05) is 12.1 Å². The fraction of sp³-hybridized carbons (Fsp3) is 0.462. The Morgan fingerprint density at radius 1 is 1.53 bits per heavy atom. The summed E-state index contributed by atoms with van der Waals surface area (Å²) in [6, 6.07) is 7.51. The number of anilines is 1. The number of nitrogens with one attached hydrogen (secondary N) is 1. The Bertz CT molecular complexity index is 364. The van der Waals surface area contributed by atoms with E-state index in [9.17, 15) is 4.79 Å². The van der Waals surface area contributed by atoms with Crippen molar-refractivity contribution in [3.8, 4) is 0 Å². The smallest absolute Gasteiger partial charge is 0.225 e. The maximum Gasteiger partial charge on any atom is 0.225 e. The van der Waals surface area contributed by atoms with Crippen molar-refractivity contribution in [3.63, 3.8) is 0 Å². The first kappa shape index (κ1) is 13.7. The maximum atomic E-state index is 11.5. The Morgan fingerprint density at radius 3 is 2.94 bits per heavy atom. The topological polar surface area (TPSA) is 64.3 Å². The van der Waals surface area contributed by atoms with Crippen LogP contribution in [0.3, 0.4) is 0 Å². The monoisotopic (exact) mass is 236 g/mol.